The molecule has 0 aliphatic heterocycles. The van der Waals surface area contributed by atoms with Crippen molar-refractivity contribution in [3.05, 3.63) is 56.6 Å². The monoisotopic (exact) mass is 412 g/mol. The Bertz CT molecular complexity index is 603. The summed E-state index contributed by atoms with van der Waals surface area (Å²) in [4.78, 5) is 4.38. The zero-order chi connectivity index (χ0) is 15.2. The first-order chi connectivity index (χ1) is 10.1. The van der Waals surface area contributed by atoms with E-state index in [0.717, 1.165) is 26.6 Å². The minimum Gasteiger partial charge on any atom is -0.473 e. The van der Waals surface area contributed by atoms with Gasteiger partial charge in [-0.1, -0.05) is 48.0 Å². The third kappa shape index (κ3) is 5.09. The van der Waals surface area contributed by atoms with Gasteiger partial charge in [0.15, 0.2) is 0 Å². The smallest absolute Gasteiger partial charge is 0.218 e. The van der Waals surface area contributed by atoms with Crippen molar-refractivity contribution < 1.29 is 4.74 Å². The van der Waals surface area contributed by atoms with Crippen LogP contribution in [-0.2, 0) is 13.2 Å². The van der Waals surface area contributed by atoms with Gasteiger partial charge in [0.05, 0.1) is 0 Å². The van der Waals surface area contributed by atoms with Crippen molar-refractivity contribution in [3.63, 3.8) is 0 Å². The number of aromatic nitrogens is 1. The van der Waals surface area contributed by atoms with Crippen molar-refractivity contribution in [1.82, 2.24) is 10.3 Å². The highest BCUT2D eigenvalue weighted by atomic mass is 79.9. The van der Waals surface area contributed by atoms with Crippen LogP contribution < -0.4 is 10.1 Å². The van der Waals surface area contributed by atoms with E-state index in [1.165, 1.54) is 0 Å². The van der Waals surface area contributed by atoms with Gasteiger partial charge in [0.1, 0.15) is 6.61 Å². The summed E-state index contributed by atoms with van der Waals surface area (Å²) >= 11 is 6.99. The average molecular weight is 414 g/mol. The second-order valence-electron chi connectivity index (χ2n) is 5.03. The molecule has 0 unspecified atom stereocenters. The Morgan fingerprint density at radius 2 is 1.95 bits per heavy atom. The Balaban J connectivity index is 2.10. The van der Waals surface area contributed by atoms with E-state index in [0.29, 0.717) is 18.5 Å². The first kappa shape index (κ1) is 16.5. The predicted octanol–water partition coefficient (Wildman–Crippen LogP) is 4.68. The van der Waals surface area contributed by atoms with Crippen LogP contribution in [0.15, 0.2) is 45.5 Å². The predicted molar refractivity (Wildman–Crippen MR) is 92.4 cm³/mol. The summed E-state index contributed by atoms with van der Waals surface area (Å²) in [6.07, 6.45) is 1.76. The number of ether oxygens (including phenoxy) is 1. The minimum absolute atomic E-state index is 0.417. The van der Waals surface area contributed by atoms with Crippen molar-refractivity contribution in [2.45, 2.75) is 33.0 Å². The molecule has 5 heteroatoms. The lowest BCUT2D eigenvalue weighted by Crippen LogP contribution is -2.22. The van der Waals surface area contributed by atoms with Gasteiger partial charge in [-0.3, -0.25) is 0 Å². The molecule has 1 aromatic heterocycles. The highest BCUT2D eigenvalue weighted by Gasteiger charge is 2.08. The number of nitrogens with zero attached hydrogens (tertiary/aromatic N) is 1. The molecule has 21 heavy (non-hydrogen) atoms. The lowest BCUT2D eigenvalue weighted by Gasteiger charge is -2.13. The molecule has 3 nitrogen and oxygen atoms in total. The Kier molecular flexibility index (Phi) is 6.21. The molecule has 0 aliphatic rings. The van der Waals surface area contributed by atoms with Crippen LogP contribution >= 0.6 is 31.9 Å². The van der Waals surface area contributed by atoms with Crippen LogP contribution in [0, 0.1) is 0 Å². The molecule has 0 radical (unpaired) electrons. The second-order valence-corrected chi connectivity index (χ2v) is 6.80. The molecule has 0 spiro atoms. The lowest BCUT2D eigenvalue weighted by atomic mass is 10.2. The molecule has 112 valence electrons. The van der Waals surface area contributed by atoms with Gasteiger partial charge in [-0.15, -0.1) is 0 Å². The van der Waals surface area contributed by atoms with Crippen LogP contribution in [0.1, 0.15) is 25.0 Å². The van der Waals surface area contributed by atoms with Crippen LogP contribution in [0.5, 0.6) is 5.88 Å². The number of hydrogen-bond acceptors (Lipinski definition) is 3. The van der Waals surface area contributed by atoms with E-state index in [-0.39, 0.29) is 0 Å². The molecular formula is C16H18Br2N2O. The molecule has 0 aliphatic carbocycles. The van der Waals surface area contributed by atoms with Crippen LogP contribution in [0.4, 0.5) is 0 Å². The van der Waals surface area contributed by atoms with Gasteiger partial charge in [-0.05, 0) is 28.1 Å². The summed E-state index contributed by atoms with van der Waals surface area (Å²) in [5.41, 5.74) is 2.15. The maximum Gasteiger partial charge on any atom is 0.218 e. The summed E-state index contributed by atoms with van der Waals surface area (Å²) in [6.45, 7) is 5.46. The minimum atomic E-state index is 0.417. The number of nitrogens with one attached hydrogen (secondary N) is 1. The fourth-order valence-corrected chi connectivity index (χ4v) is 2.58. The molecule has 0 fully saturated rings. The van der Waals surface area contributed by atoms with Gasteiger partial charge in [-0.2, -0.15) is 0 Å². The normalized spacial score (nSPS) is 10.9. The van der Waals surface area contributed by atoms with Gasteiger partial charge in [0.2, 0.25) is 5.88 Å². The van der Waals surface area contributed by atoms with Gasteiger partial charge in [-0.25, -0.2) is 4.98 Å². The lowest BCUT2D eigenvalue weighted by molar-refractivity contribution is 0.288. The fraction of sp³-hybridized carbons (Fsp3) is 0.312. The van der Waals surface area contributed by atoms with E-state index >= 15 is 0 Å². The average Bonchev–Trinajstić information content (AvgIpc) is 2.45. The molecule has 2 aromatic rings. The maximum absolute atomic E-state index is 5.89. The Morgan fingerprint density at radius 3 is 2.67 bits per heavy atom. The van der Waals surface area contributed by atoms with Gasteiger partial charge in [0, 0.05) is 38.9 Å². The van der Waals surface area contributed by atoms with E-state index < -0.39 is 0 Å². The molecular weight excluding hydrogens is 396 g/mol. The Hall–Kier alpha value is -0.910. The van der Waals surface area contributed by atoms with Crippen LogP contribution in [0.25, 0.3) is 0 Å². The first-order valence-electron chi connectivity index (χ1n) is 6.80. The van der Waals surface area contributed by atoms with E-state index in [1.807, 2.05) is 30.3 Å². The second kappa shape index (κ2) is 7.92. The summed E-state index contributed by atoms with van der Waals surface area (Å²) in [7, 11) is 0. The van der Waals surface area contributed by atoms with Crippen LogP contribution in [0.3, 0.4) is 0 Å². The molecule has 0 amide bonds. The number of hydrogen-bond donors (Lipinski definition) is 1. The topological polar surface area (TPSA) is 34.2 Å². The molecule has 1 heterocycles. The highest BCUT2D eigenvalue weighted by molar-refractivity contribution is 9.10. The molecule has 1 N–H and O–H groups in total. The van der Waals surface area contributed by atoms with E-state index in [9.17, 15) is 0 Å². The standard InChI is InChI=1S/C16H18Br2N2O/c1-11(2)19-8-13-7-14(17)9-20-16(13)21-10-12-5-3-4-6-15(12)18/h3-7,9,11,19H,8,10H2,1-2H3. The number of pyridine rings is 1. The van der Waals surface area contributed by atoms with Gasteiger partial charge in [0.25, 0.3) is 0 Å². The maximum atomic E-state index is 5.89. The Morgan fingerprint density at radius 1 is 1.19 bits per heavy atom. The summed E-state index contributed by atoms with van der Waals surface area (Å²) in [6, 6.07) is 10.5. The summed E-state index contributed by atoms with van der Waals surface area (Å²) < 4.78 is 7.89. The number of halogens is 2. The van der Waals surface area contributed by atoms with Gasteiger partial charge >= 0.3 is 0 Å². The number of benzene rings is 1. The summed E-state index contributed by atoms with van der Waals surface area (Å²) in [5.74, 6) is 0.669. The largest absolute Gasteiger partial charge is 0.473 e. The van der Waals surface area contributed by atoms with Crippen molar-refractivity contribution in [2.24, 2.45) is 0 Å². The van der Waals surface area contributed by atoms with Crippen molar-refractivity contribution in [1.29, 1.82) is 0 Å². The van der Waals surface area contributed by atoms with Crippen molar-refractivity contribution in [3.8, 4) is 5.88 Å². The highest BCUT2D eigenvalue weighted by Crippen LogP contribution is 2.23. The molecule has 0 atom stereocenters. The van der Waals surface area contributed by atoms with Gasteiger partial charge < -0.3 is 10.1 Å². The SMILES string of the molecule is CC(C)NCc1cc(Br)cnc1OCc1ccccc1Br. The third-order valence-corrected chi connectivity index (χ3v) is 4.12. The molecule has 0 saturated heterocycles. The van der Waals surface area contributed by atoms with Crippen molar-refractivity contribution in [2.75, 3.05) is 0 Å². The van der Waals surface area contributed by atoms with Crippen LogP contribution in [-0.4, -0.2) is 11.0 Å². The number of rotatable bonds is 6. The molecule has 0 saturated carbocycles. The zero-order valence-corrected chi connectivity index (χ0v) is 15.2. The quantitative estimate of drug-likeness (QED) is 0.746. The van der Waals surface area contributed by atoms with E-state index in [2.05, 4.69) is 56.0 Å². The molecule has 0 bridgehead atoms. The zero-order valence-electron chi connectivity index (χ0n) is 12.1. The first-order valence-corrected chi connectivity index (χ1v) is 8.39. The molecule has 2 rings (SSSR count). The van der Waals surface area contributed by atoms with E-state index in [1.54, 1.807) is 6.20 Å². The fourth-order valence-electron chi connectivity index (χ4n) is 1.80. The Labute approximate surface area is 142 Å². The van der Waals surface area contributed by atoms with E-state index in [4.69, 9.17) is 4.74 Å². The molecule has 1 aromatic carbocycles. The van der Waals surface area contributed by atoms with Crippen LogP contribution in [0.2, 0.25) is 0 Å². The summed E-state index contributed by atoms with van der Waals surface area (Å²) in [5, 5.41) is 3.39. The third-order valence-electron chi connectivity index (χ3n) is 2.91. The van der Waals surface area contributed by atoms with Crippen molar-refractivity contribution >= 4 is 31.9 Å².